The summed E-state index contributed by atoms with van der Waals surface area (Å²) in [6.07, 6.45) is 4.58. The highest BCUT2D eigenvalue weighted by Crippen LogP contribution is 2.31. The van der Waals surface area contributed by atoms with Gasteiger partial charge in [0.05, 0.1) is 11.0 Å². The summed E-state index contributed by atoms with van der Waals surface area (Å²) < 4.78 is 0. The number of fused-ring (bicyclic) bond motifs is 5. The van der Waals surface area contributed by atoms with E-state index in [9.17, 15) is 0 Å². The fourth-order valence-corrected chi connectivity index (χ4v) is 4.21. The van der Waals surface area contributed by atoms with Gasteiger partial charge in [0.25, 0.3) is 0 Å². The Balaban J connectivity index is 1.87. The van der Waals surface area contributed by atoms with E-state index in [-0.39, 0.29) is 0 Å². The molecule has 0 saturated heterocycles. The molecule has 0 radical (unpaired) electrons. The van der Waals surface area contributed by atoms with Crippen LogP contribution in [-0.2, 0) is 0 Å². The van der Waals surface area contributed by atoms with Gasteiger partial charge < -0.3 is 0 Å². The van der Waals surface area contributed by atoms with E-state index in [1.807, 2.05) is 0 Å². The Bertz CT molecular complexity index is 1410. The standard InChI is InChI=1S/C25H15N/c1-2-8-16(9-3-1)23-21-14-17-10-4-6-12-19(17)24(21)26-25-20-13-7-5-11-18(20)15-22(23)25/h1-15H. The lowest BCUT2D eigenvalue weighted by atomic mass is 9.97. The normalized spacial score (nSPS) is 12.5. The van der Waals surface area contributed by atoms with Crippen LogP contribution in [0.1, 0.15) is 11.1 Å². The Labute approximate surface area is 150 Å². The summed E-state index contributed by atoms with van der Waals surface area (Å²) in [6.45, 7) is 0. The summed E-state index contributed by atoms with van der Waals surface area (Å²) in [4.78, 5) is 5.14. The summed E-state index contributed by atoms with van der Waals surface area (Å²) in [7, 11) is 0. The Morgan fingerprint density at radius 1 is 0.654 bits per heavy atom. The predicted octanol–water partition coefficient (Wildman–Crippen LogP) is 3.99. The fraction of sp³-hybridized carbons (Fsp3) is 0. The molecule has 1 heterocycles. The van der Waals surface area contributed by atoms with Gasteiger partial charge in [-0.1, -0.05) is 78.9 Å². The molecule has 3 aromatic carbocycles. The minimum absolute atomic E-state index is 1.10. The first-order chi connectivity index (χ1) is 12.9. The Morgan fingerprint density at radius 3 is 2.35 bits per heavy atom. The van der Waals surface area contributed by atoms with Crippen molar-refractivity contribution in [1.29, 1.82) is 0 Å². The van der Waals surface area contributed by atoms with Crippen LogP contribution < -0.4 is 10.4 Å². The van der Waals surface area contributed by atoms with Gasteiger partial charge in [-0.2, -0.15) is 0 Å². The summed E-state index contributed by atoms with van der Waals surface area (Å²) in [5, 5.41) is 4.82. The molecule has 0 saturated carbocycles. The Morgan fingerprint density at radius 2 is 1.42 bits per heavy atom. The van der Waals surface area contributed by atoms with Gasteiger partial charge in [0.15, 0.2) is 0 Å². The molecule has 0 N–H and O–H groups in total. The van der Waals surface area contributed by atoms with E-state index < -0.39 is 0 Å². The lowest BCUT2D eigenvalue weighted by Gasteiger charge is -2.09. The molecule has 0 amide bonds. The van der Waals surface area contributed by atoms with Crippen LogP contribution in [0.5, 0.6) is 0 Å². The lowest BCUT2D eigenvalue weighted by molar-refractivity contribution is 1.22. The van der Waals surface area contributed by atoms with E-state index in [4.69, 9.17) is 4.98 Å². The van der Waals surface area contributed by atoms with E-state index >= 15 is 0 Å². The minimum atomic E-state index is 1.10. The highest BCUT2D eigenvalue weighted by Gasteiger charge is 2.21. The summed E-state index contributed by atoms with van der Waals surface area (Å²) in [6, 6.07) is 27.8. The third kappa shape index (κ3) is 1.77. The van der Waals surface area contributed by atoms with Gasteiger partial charge in [0.2, 0.25) is 0 Å². The molecule has 26 heavy (non-hydrogen) atoms. The van der Waals surface area contributed by atoms with Crippen molar-refractivity contribution in [3.63, 3.8) is 0 Å². The monoisotopic (exact) mass is 329 g/mol. The number of hydrogen-bond acceptors (Lipinski definition) is 1. The van der Waals surface area contributed by atoms with Gasteiger partial charge in [-0.15, -0.1) is 0 Å². The second-order valence-electron chi connectivity index (χ2n) is 6.84. The number of benzene rings is 3. The summed E-state index contributed by atoms with van der Waals surface area (Å²) >= 11 is 0. The largest absolute Gasteiger partial charge is 0.246 e. The zero-order valence-corrected chi connectivity index (χ0v) is 14.1. The van der Waals surface area contributed by atoms with E-state index in [1.54, 1.807) is 0 Å². The van der Waals surface area contributed by atoms with Crippen LogP contribution >= 0.6 is 0 Å². The molecular weight excluding hydrogens is 314 g/mol. The average Bonchev–Trinajstić information content (AvgIpc) is 3.25. The van der Waals surface area contributed by atoms with Crippen molar-refractivity contribution in [2.45, 2.75) is 0 Å². The van der Waals surface area contributed by atoms with Gasteiger partial charge in [0, 0.05) is 27.1 Å². The number of aromatic nitrogens is 1. The molecule has 0 bridgehead atoms. The third-order valence-electron chi connectivity index (χ3n) is 5.37. The topological polar surface area (TPSA) is 12.9 Å². The van der Waals surface area contributed by atoms with E-state index in [2.05, 4.69) is 91.0 Å². The first-order valence-corrected chi connectivity index (χ1v) is 8.92. The molecule has 2 aliphatic rings. The summed E-state index contributed by atoms with van der Waals surface area (Å²) in [5.74, 6) is 0. The van der Waals surface area contributed by atoms with E-state index in [0.29, 0.717) is 0 Å². The zero-order valence-electron chi connectivity index (χ0n) is 14.1. The zero-order chi connectivity index (χ0) is 17.1. The van der Waals surface area contributed by atoms with Crippen LogP contribution in [-0.4, -0.2) is 4.98 Å². The molecular formula is C25H15N. The first-order valence-electron chi connectivity index (χ1n) is 8.92. The molecule has 1 aromatic heterocycles. The number of nitrogens with zero attached hydrogens (tertiary/aromatic N) is 1. The van der Waals surface area contributed by atoms with Crippen LogP contribution in [0.25, 0.3) is 34.5 Å². The summed E-state index contributed by atoms with van der Waals surface area (Å²) in [5.41, 5.74) is 7.35. The second-order valence-corrected chi connectivity index (χ2v) is 6.84. The fourth-order valence-electron chi connectivity index (χ4n) is 4.21. The maximum absolute atomic E-state index is 5.14. The van der Waals surface area contributed by atoms with E-state index in [0.717, 1.165) is 11.0 Å². The maximum atomic E-state index is 5.14. The molecule has 4 aromatic rings. The van der Waals surface area contributed by atoms with Crippen molar-refractivity contribution in [1.82, 2.24) is 4.98 Å². The molecule has 1 nitrogen and oxygen atoms in total. The van der Waals surface area contributed by atoms with Crippen LogP contribution in [0.3, 0.4) is 0 Å². The first kappa shape index (κ1) is 13.8. The molecule has 1 heteroatoms. The van der Waals surface area contributed by atoms with Crippen LogP contribution in [0, 0.1) is 10.6 Å². The van der Waals surface area contributed by atoms with Crippen LogP contribution in [0.4, 0.5) is 0 Å². The van der Waals surface area contributed by atoms with Gasteiger partial charge in [-0.3, -0.25) is 0 Å². The molecule has 0 atom stereocenters. The van der Waals surface area contributed by atoms with Crippen molar-refractivity contribution in [3.05, 3.63) is 111 Å². The lowest BCUT2D eigenvalue weighted by Crippen LogP contribution is -2.11. The van der Waals surface area contributed by atoms with Gasteiger partial charge in [-0.05, 0) is 28.5 Å². The SMILES string of the molecule is C1=c2c(nc3c(c2-c2ccccc2)C=c2ccccc2=3)-c2ccccc21. The molecule has 120 valence electrons. The van der Waals surface area contributed by atoms with Crippen molar-refractivity contribution in [2.75, 3.05) is 0 Å². The third-order valence-corrected chi connectivity index (χ3v) is 5.37. The average molecular weight is 329 g/mol. The molecule has 2 aliphatic carbocycles. The number of rotatable bonds is 1. The number of hydrogen-bond donors (Lipinski definition) is 0. The maximum Gasteiger partial charge on any atom is 0.0794 e. The van der Waals surface area contributed by atoms with Gasteiger partial charge in [0.1, 0.15) is 0 Å². The molecule has 6 rings (SSSR count). The highest BCUT2D eigenvalue weighted by atomic mass is 14.7. The molecule has 0 fully saturated rings. The van der Waals surface area contributed by atoms with Gasteiger partial charge in [-0.25, -0.2) is 4.98 Å². The van der Waals surface area contributed by atoms with Crippen LogP contribution in [0.2, 0.25) is 0 Å². The minimum Gasteiger partial charge on any atom is -0.246 e. The number of pyridine rings is 1. The molecule has 0 spiro atoms. The van der Waals surface area contributed by atoms with Crippen molar-refractivity contribution in [3.8, 4) is 22.4 Å². The van der Waals surface area contributed by atoms with Crippen LogP contribution in [0.15, 0.2) is 78.9 Å². The molecule has 0 aliphatic heterocycles. The smallest absolute Gasteiger partial charge is 0.0794 e. The highest BCUT2D eigenvalue weighted by molar-refractivity contribution is 5.89. The predicted molar refractivity (Wildman–Crippen MR) is 106 cm³/mol. The second kappa shape index (κ2) is 5.03. The van der Waals surface area contributed by atoms with Crippen molar-refractivity contribution in [2.24, 2.45) is 0 Å². The molecule has 0 unspecified atom stereocenters. The van der Waals surface area contributed by atoms with E-state index in [1.165, 1.54) is 43.5 Å². The van der Waals surface area contributed by atoms with Gasteiger partial charge >= 0.3 is 0 Å². The Kier molecular flexibility index (Phi) is 2.67. The van der Waals surface area contributed by atoms with Crippen molar-refractivity contribution >= 4 is 12.2 Å². The quantitative estimate of drug-likeness (QED) is 0.444. The van der Waals surface area contributed by atoms with Crippen molar-refractivity contribution < 1.29 is 0 Å². The Hall–Kier alpha value is -3.45.